The van der Waals surface area contributed by atoms with Gasteiger partial charge in [0, 0.05) is 35.8 Å². The fraction of sp³-hybridized carbons (Fsp3) is 0.316. The van der Waals surface area contributed by atoms with Crippen molar-refractivity contribution in [3.63, 3.8) is 0 Å². The molecule has 6 nitrogen and oxygen atoms in total. The molecule has 2 aromatic heterocycles. The van der Waals surface area contributed by atoms with Gasteiger partial charge in [0.2, 0.25) is 0 Å². The molecule has 0 unspecified atom stereocenters. The van der Waals surface area contributed by atoms with Crippen molar-refractivity contribution in [3.8, 4) is 0 Å². The summed E-state index contributed by atoms with van der Waals surface area (Å²) in [5, 5.41) is 8.16. The van der Waals surface area contributed by atoms with Crippen molar-refractivity contribution in [3.05, 3.63) is 63.2 Å². The minimum Gasteiger partial charge on any atom is -0.358 e. The van der Waals surface area contributed by atoms with Crippen LogP contribution in [0.1, 0.15) is 40.7 Å². The Morgan fingerprint density at radius 1 is 1.24 bits per heavy atom. The van der Waals surface area contributed by atoms with Gasteiger partial charge in [0.15, 0.2) is 0 Å². The number of carbonyl (C=O) groups excluding carboxylic acids is 1. The molecule has 6 heteroatoms. The summed E-state index contributed by atoms with van der Waals surface area (Å²) in [4.78, 5) is 27.4. The molecule has 2 N–H and O–H groups in total. The highest BCUT2D eigenvalue weighted by Crippen LogP contribution is 2.22. The fourth-order valence-electron chi connectivity index (χ4n) is 2.83. The Hall–Kier alpha value is -2.89. The second-order valence-corrected chi connectivity index (χ2v) is 6.22. The second kappa shape index (κ2) is 6.93. The number of hydrogen-bond donors (Lipinski definition) is 2. The Kier molecular flexibility index (Phi) is 4.70. The number of amides is 1. The van der Waals surface area contributed by atoms with E-state index in [2.05, 4.69) is 28.4 Å². The monoisotopic (exact) mass is 338 g/mol. The predicted molar refractivity (Wildman–Crippen MR) is 97.7 cm³/mol. The number of nitrogens with one attached hydrogen (secondary N) is 2. The number of nitrogens with zero attached hydrogens (tertiary/aromatic N) is 2. The zero-order chi connectivity index (χ0) is 18.0. The maximum atomic E-state index is 12.3. The van der Waals surface area contributed by atoms with Gasteiger partial charge in [-0.25, -0.2) is 4.68 Å². The van der Waals surface area contributed by atoms with Crippen LogP contribution in [0.3, 0.4) is 0 Å². The summed E-state index contributed by atoms with van der Waals surface area (Å²) in [7, 11) is 0. The van der Waals surface area contributed by atoms with Gasteiger partial charge in [-0.2, -0.15) is 5.10 Å². The van der Waals surface area contributed by atoms with Crippen LogP contribution >= 0.6 is 0 Å². The minimum absolute atomic E-state index is 0.192. The fourth-order valence-corrected chi connectivity index (χ4v) is 2.83. The van der Waals surface area contributed by atoms with Gasteiger partial charge in [-0.15, -0.1) is 0 Å². The summed E-state index contributed by atoms with van der Waals surface area (Å²) in [6.07, 6.45) is 0.785. The van der Waals surface area contributed by atoms with Crippen LogP contribution < -0.4 is 10.9 Å². The Morgan fingerprint density at radius 2 is 2.04 bits per heavy atom. The number of hydrogen-bond acceptors (Lipinski definition) is 3. The SMILES string of the molecule is CCCn1nc(C(=O)NCc2ccc3[nH]c(C)c(C)c3c2)ccc1=O. The maximum Gasteiger partial charge on any atom is 0.271 e. The van der Waals surface area contributed by atoms with E-state index in [1.54, 1.807) is 0 Å². The largest absolute Gasteiger partial charge is 0.358 e. The smallest absolute Gasteiger partial charge is 0.271 e. The highest BCUT2D eigenvalue weighted by molar-refractivity contribution is 5.92. The number of rotatable bonds is 5. The molecule has 3 rings (SSSR count). The van der Waals surface area contributed by atoms with Gasteiger partial charge >= 0.3 is 0 Å². The first-order chi connectivity index (χ1) is 12.0. The van der Waals surface area contributed by atoms with Crippen molar-refractivity contribution >= 4 is 16.8 Å². The molecule has 0 saturated heterocycles. The highest BCUT2D eigenvalue weighted by atomic mass is 16.2. The van der Waals surface area contributed by atoms with Crippen molar-refractivity contribution in [2.24, 2.45) is 0 Å². The van der Waals surface area contributed by atoms with Crippen molar-refractivity contribution in [2.75, 3.05) is 0 Å². The first-order valence-corrected chi connectivity index (χ1v) is 8.43. The average Bonchev–Trinajstić information content (AvgIpc) is 2.89. The van der Waals surface area contributed by atoms with E-state index in [0.29, 0.717) is 13.1 Å². The molecule has 25 heavy (non-hydrogen) atoms. The van der Waals surface area contributed by atoms with Crippen molar-refractivity contribution in [1.29, 1.82) is 0 Å². The molecule has 0 aliphatic heterocycles. The Balaban J connectivity index is 1.75. The van der Waals surface area contributed by atoms with E-state index in [9.17, 15) is 9.59 Å². The first kappa shape index (κ1) is 17.0. The minimum atomic E-state index is -0.285. The van der Waals surface area contributed by atoms with Gasteiger partial charge in [0.05, 0.1) is 0 Å². The molecule has 2 heterocycles. The lowest BCUT2D eigenvalue weighted by molar-refractivity contribution is 0.0943. The van der Waals surface area contributed by atoms with E-state index >= 15 is 0 Å². The predicted octanol–water partition coefficient (Wildman–Crippen LogP) is 2.68. The second-order valence-electron chi connectivity index (χ2n) is 6.22. The van der Waals surface area contributed by atoms with Gasteiger partial charge in [0.1, 0.15) is 5.69 Å². The molecule has 130 valence electrons. The Bertz CT molecular complexity index is 985. The van der Waals surface area contributed by atoms with E-state index in [-0.39, 0.29) is 17.2 Å². The molecule has 1 amide bonds. The van der Waals surface area contributed by atoms with Crippen LogP contribution in [0, 0.1) is 13.8 Å². The van der Waals surface area contributed by atoms with E-state index < -0.39 is 0 Å². The van der Waals surface area contributed by atoms with Crippen LogP contribution in [0.15, 0.2) is 35.1 Å². The van der Waals surface area contributed by atoms with Crippen molar-refractivity contribution in [1.82, 2.24) is 20.1 Å². The third kappa shape index (κ3) is 3.47. The number of H-pyrrole nitrogens is 1. The Morgan fingerprint density at radius 3 is 2.80 bits per heavy atom. The number of aryl methyl sites for hydroxylation is 3. The Labute approximate surface area is 145 Å². The van der Waals surface area contributed by atoms with Crippen LogP contribution in [0.5, 0.6) is 0 Å². The number of fused-ring (bicyclic) bond motifs is 1. The zero-order valence-corrected chi connectivity index (χ0v) is 14.7. The van der Waals surface area contributed by atoms with E-state index in [4.69, 9.17) is 0 Å². The molecular formula is C19H22N4O2. The summed E-state index contributed by atoms with van der Waals surface area (Å²) < 4.78 is 1.33. The maximum absolute atomic E-state index is 12.3. The molecule has 3 aromatic rings. The van der Waals surface area contributed by atoms with Crippen LogP contribution in [-0.4, -0.2) is 20.7 Å². The van der Waals surface area contributed by atoms with Gasteiger partial charge < -0.3 is 10.3 Å². The first-order valence-electron chi connectivity index (χ1n) is 8.43. The molecule has 0 radical (unpaired) electrons. The molecule has 0 spiro atoms. The summed E-state index contributed by atoms with van der Waals surface area (Å²) in [5.74, 6) is -0.285. The van der Waals surface area contributed by atoms with Gasteiger partial charge in [-0.05, 0) is 49.6 Å². The highest BCUT2D eigenvalue weighted by Gasteiger charge is 2.10. The van der Waals surface area contributed by atoms with Crippen LogP contribution in [0.2, 0.25) is 0 Å². The summed E-state index contributed by atoms with van der Waals surface area (Å²) in [6.45, 7) is 7.00. The molecule has 1 aromatic carbocycles. The van der Waals surface area contributed by atoms with Gasteiger partial charge in [-0.1, -0.05) is 13.0 Å². The van der Waals surface area contributed by atoms with E-state index in [0.717, 1.165) is 23.2 Å². The number of benzene rings is 1. The lowest BCUT2D eigenvalue weighted by Crippen LogP contribution is -2.29. The molecule has 0 atom stereocenters. The quantitative estimate of drug-likeness (QED) is 0.750. The summed E-state index contributed by atoms with van der Waals surface area (Å²) in [5.41, 5.74) is 4.54. The third-order valence-electron chi connectivity index (χ3n) is 4.36. The molecule has 0 bridgehead atoms. The summed E-state index contributed by atoms with van der Waals surface area (Å²) >= 11 is 0. The molecule has 0 aliphatic rings. The lowest BCUT2D eigenvalue weighted by atomic mass is 10.1. The van der Waals surface area contributed by atoms with Crippen LogP contribution in [0.4, 0.5) is 0 Å². The van der Waals surface area contributed by atoms with Crippen molar-refractivity contribution in [2.45, 2.75) is 40.3 Å². The topological polar surface area (TPSA) is 79.8 Å². The molecule has 0 aliphatic carbocycles. The van der Waals surface area contributed by atoms with Gasteiger partial charge in [0.25, 0.3) is 11.5 Å². The third-order valence-corrected chi connectivity index (χ3v) is 4.36. The van der Waals surface area contributed by atoms with Crippen LogP contribution in [-0.2, 0) is 13.1 Å². The van der Waals surface area contributed by atoms with Crippen LogP contribution in [0.25, 0.3) is 10.9 Å². The number of carbonyl (C=O) groups is 1. The van der Waals surface area contributed by atoms with Crippen molar-refractivity contribution < 1.29 is 4.79 Å². The lowest BCUT2D eigenvalue weighted by Gasteiger charge is -2.07. The number of aromatic nitrogens is 3. The molecule has 0 fully saturated rings. The normalized spacial score (nSPS) is 11.0. The van der Waals surface area contributed by atoms with Gasteiger partial charge in [-0.3, -0.25) is 9.59 Å². The molecule has 0 saturated carbocycles. The standard InChI is InChI=1S/C19H22N4O2/c1-4-9-23-18(24)8-7-17(22-23)19(25)20-11-14-5-6-16-15(10-14)12(2)13(3)21-16/h5-8,10,21H,4,9,11H2,1-3H3,(H,20,25). The molecular weight excluding hydrogens is 316 g/mol. The average molecular weight is 338 g/mol. The number of aromatic amines is 1. The van der Waals surface area contributed by atoms with E-state index in [1.807, 2.05) is 26.0 Å². The van der Waals surface area contributed by atoms with E-state index in [1.165, 1.54) is 27.8 Å². The summed E-state index contributed by atoms with van der Waals surface area (Å²) in [6, 6.07) is 8.95. The zero-order valence-electron chi connectivity index (χ0n) is 14.7.